The summed E-state index contributed by atoms with van der Waals surface area (Å²) in [6, 6.07) is 0. The van der Waals surface area contributed by atoms with Gasteiger partial charge in [-0.25, -0.2) is 0 Å². The van der Waals surface area contributed by atoms with Crippen LogP contribution in [0.3, 0.4) is 0 Å². The molecule has 0 aliphatic heterocycles. The van der Waals surface area contributed by atoms with Crippen molar-refractivity contribution in [2.45, 2.75) is 36.6 Å². The number of unbranched alkanes of at least 4 members (excludes halogenated alkanes) is 1. The number of rotatable bonds is 4. The maximum absolute atomic E-state index is 9.11. The van der Waals surface area contributed by atoms with Crippen LogP contribution in [0.2, 0.25) is 0 Å². The van der Waals surface area contributed by atoms with E-state index in [2.05, 4.69) is 25.3 Å². The Morgan fingerprint density at radius 1 is 1.50 bits per heavy atom. The summed E-state index contributed by atoms with van der Waals surface area (Å²) in [6.45, 7) is 2.02. The Labute approximate surface area is 72.5 Å². The first kappa shape index (κ1) is 10.6. The Bertz CT molecular complexity index is 90.2. The normalized spacial score (nSPS) is 15.3. The zero-order valence-corrected chi connectivity index (χ0v) is 7.78. The molecule has 10 heavy (non-hydrogen) atoms. The van der Waals surface area contributed by atoms with Crippen LogP contribution in [0.4, 0.5) is 0 Å². The lowest BCUT2D eigenvalue weighted by Crippen LogP contribution is -2.30. The van der Waals surface area contributed by atoms with Crippen LogP contribution in [0.1, 0.15) is 26.2 Å². The third-order valence-electron chi connectivity index (χ3n) is 1.28. The van der Waals surface area contributed by atoms with E-state index in [4.69, 9.17) is 10.2 Å². The minimum Gasteiger partial charge on any atom is -0.388 e. The number of thiol groups is 2. The summed E-state index contributed by atoms with van der Waals surface area (Å²) >= 11 is 7.38. The Hall–Kier alpha value is 0.620. The third kappa shape index (κ3) is 4.44. The van der Waals surface area contributed by atoms with Gasteiger partial charge in [0.05, 0.1) is 0 Å². The molecule has 0 aliphatic carbocycles. The molecule has 0 aliphatic rings. The van der Waals surface area contributed by atoms with Crippen molar-refractivity contribution in [2.75, 3.05) is 0 Å². The highest BCUT2D eigenvalue weighted by Crippen LogP contribution is 2.23. The molecule has 0 bridgehead atoms. The minimum absolute atomic E-state index is 0.542. The second-order valence-electron chi connectivity index (χ2n) is 2.35. The van der Waals surface area contributed by atoms with Crippen LogP contribution in [0.25, 0.3) is 0 Å². The fourth-order valence-electron chi connectivity index (χ4n) is 0.591. The number of hydrogen-bond acceptors (Lipinski definition) is 4. The van der Waals surface area contributed by atoms with Gasteiger partial charge in [0.25, 0.3) is 0 Å². The summed E-state index contributed by atoms with van der Waals surface area (Å²) in [5, 5.41) is 18.1. The minimum atomic E-state index is -1.55. The Kier molecular flexibility index (Phi) is 4.77. The fraction of sp³-hybridized carbons (Fsp3) is 1.00. The number of hydrogen-bond donors (Lipinski definition) is 4. The monoisotopic (exact) mass is 182 g/mol. The first-order valence-electron chi connectivity index (χ1n) is 3.33. The van der Waals surface area contributed by atoms with Gasteiger partial charge >= 0.3 is 0 Å². The summed E-state index contributed by atoms with van der Waals surface area (Å²) in [5.74, 6) is 0. The van der Waals surface area contributed by atoms with E-state index in [1.165, 1.54) is 0 Å². The van der Waals surface area contributed by atoms with Gasteiger partial charge in [0.2, 0.25) is 0 Å². The van der Waals surface area contributed by atoms with Crippen LogP contribution >= 0.6 is 25.3 Å². The summed E-state index contributed by atoms with van der Waals surface area (Å²) in [6.07, 6.45) is 1.57. The highest BCUT2D eigenvalue weighted by atomic mass is 32.2. The van der Waals surface area contributed by atoms with Gasteiger partial charge in [-0.15, -0.1) is 25.3 Å². The van der Waals surface area contributed by atoms with E-state index >= 15 is 0 Å². The molecule has 1 atom stereocenters. The largest absolute Gasteiger partial charge is 0.388 e. The first-order chi connectivity index (χ1) is 4.48. The highest BCUT2D eigenvalue weighted by molar-refractivity contribution is 8.00. The molecule has 0 saturated heterocycles. The van der Waals surface area contributed by atoms with Crippen LogP contribution in [0.5, 0.6) is 0 Å². The van der Waals surface area contributed by atoms with E-state index < -0.39 is 10.4 Å². The summed E-state index contributed by atoms with van der Waals surface area (Å²) < 4.78 is -1.55. The molecular formula is C6H14O2S2. The predicted octanol–water partition coefficient (Wildman–Crippen LogP) is 1.04. The van der Waals surface area contributed by atoms with Crippen LogP contribution < -0.4 is 0 Å². The highest BCUT2D eigenvalue weighted by Gasteiger charge is 2.25. The third-order valence-corrected chi connectivity index (χ3v) is 1.87. The average molecular weight is 182 g/mol. The molecule has 0 rings (SSSR count). The van der Waals surface area contributed by atoms with Crippen molar-refractivity contribution in [3.63, 3.8) is 0 Å². The van der Waals surface area contributed by atoms with Crippen LogP contribution in [-0.4, -0.2) is 20.6 Å². The van der Waals surface area contributed by atoms with E-state index in [1.54, 1.807) is 0 Å². The van der Waals surface area contributed by atoms with Crippen LogP contribution in [-0.2, 0) is 0 Å². The van der Waals surface area contributed by atoms with E-state index in [0.29, 0.717) is 6.42 Å². The van der Waals surface area contributed by atoms with E-state index in [0.717, 1.165) is 12.8 Å². The molecule has 0 spiro atoms. The summed E-state index contributed by atoms with van der Waals surface area (Å²) in [5.41, 5.74) is 0. The SMILES string of the molecule is CCCCC(O)C(O)(S)S. The molecule has 62 valence electrons. The maximum atomic E-state index is 9.11. The zero-order valence-electron chi connectivity index (χ0n) is 5.99. The lowest BCUT2D eigenvalue weighted by molar-refractivity contribution is 0.0475. The topological polar surface area (TPSA) is 40.5 Å². The first-order valence-corrected chi connectivity index (χ1v) is 4.23. The molecule has 0 heterocycles. The van der Waals surface area contributed by atoms with Gasteiger partial charge in [-0.1, -0.05) is 19.8 Å². The molecule has 0 radical (unpaired) electrons. The molecular weight excluding hydrogens is 168 g/mol. The lowest BCUT2D eigenvalue weighted by Gasteiger charge is -2.21. The van der Waals surface area contributed by atoms with E-state index in [1.807, 2.05) is 6.92 Å². The van der Waals surface area contributed by atoms with Crippen LogP contribution in [0.15, 0.2) is 0 Å². The quantitative estimate of drug-likeness (QED) is 0.388. The van der Waals surface area contributed by atoms with Gasteiger partial charge in [0, 0.05) is 0 Å². The van der Waals surface area contributed by atoms with Gasteiger partial charge in [0.1, 0.15) is 6.10 Å². The zero-order chi connectivity index (χ0) is 8.20. The number of aliphatic hydroxyl groups excluding tert-OH is 1. The van der Waals surface area contributed by atoms with E-state index in [-0.39, 0.29) is 0 Å². The van der Waals surface area contributed by atoms with Gasteiger partial charge in [-0.3, -0.25) is 0 Å². The van der Waals surface area contributed by atoms with Gasteiger partial charge in [-0.2, -0.15) is 0 Å². The van der Waals surface area contributed by atoms with Crippen molar-refractivity contribution in [3.8, 4) is 0 Å². The molecule has 2 nitrogen and oxygen atoms in total. The van der Waals surface area contributed by atoms with Gasteiger partial charge in [0.15, 0.2) is 4.27 Å². The van der Waals surface area contributed by atoms with Crippen molar-refractivity contribution >= 4 is 25.3 Å². The van der Waals surface area contributed by atoms with Crippen LogP contribution in [0, 0.1) is 0 Å². The molecule has 1 unspecified atom stereocenters. The smallest absolute Gasteiger partial charge is 0.178 e. The van der Waals surface area contributed by atoms with Gasteiger partial charge in [-0.05, 0) is 6.42 Å². The molecule has 2 N–H and O–H groups in total. The second-order valence-corrected chi connectivity index (χ2v) is 4.06. The molecule has 0 aromatic rings. The Morgan fingerprint density at radius 2 is 2.00 bits per heavy atom. The van der Waals surface area contributed by atoms with Gasteiger partial charge < -0.3 is 10.2 Å². The predicted molar refractivity (Wildman–Crippen MR) is 48.5 cm³/mol. The Morgan fingerprint density at radius 3 is 2.30 bits per heavy atom. The second kappa shape index (κ2) is 4.49. The lowest BCUT2D eigenvalue weighted by atomic mass is 10.2. The van der Waals surface area contributed by atoms with Crippen molar-refractivity contribution in [2.24, 2.45) is 0 Å². The van der Waals surface area contributed by atoms with Crippen molar-refractivity contribution in [1.82, 2.24) is 0 Å². The molecule has 0 amide bonds. The van der Waals surface area contributed by atoms with Crippen molar-refractivity contribution in [3.05, 3.63) is 0 Å². The van der Waals surface area contributed by atoms with E-state index in [9.17, 15) is 0 Å². The summed E-state index contributed by atoms with van der Waals surface area (Å²) in [7, 11) is 0. The molecule has 0 aromatic carbocycles. The Balaban J connectivity index is 3.52. The fourth-order valence-corrected chi connectivity index (χ4v) is 0.849. The molecule has 4 heteroatoms. The maximum Gasteiger partial charge on any atom is 0.178 e. The van der Waals surface area contributed by atoms with Crippen molar-refractivity contribution < 1.29 is 10.2 Å². The standard InChI is InChI=1S/C6H14O2S2/c1-2-3-4-5(7)6(8,9)10/h5,7-10H,2-4H2,1H3. The molecule has 0 aromatic heterocycles. The number of aliphatic hydroxyl groups is 2. The average Bonchev–Trinajstić information content (AvgIpc) is 1.80. The molecule has 0 fully saturated rings. The summed E-state index contributed by atoms with van der Waals surface area (Å²) in [4.78, 5) is 0. The molecule has 0 saturated carbocycles. The van der Waals surface area contributed by atoms with Crippen molar-refractivity contribution in [1.29, 1.82) is 0 Å².